The molecule has 0 radical (unpaired) electrons. The average Bonchev–Trinajstić information content (AvgIpc) is 4.04. The Morgan fingerprint density at radius 2 is 1.50 bits per heavy atom. The van der Waals surface area contributed by atoms with Crippen molar-refractivity contribution >= 4 is 46.9 Å². The number of nitrogens with one attached hydrogen (secondary N) is 4. The van der Waals surface area contributed by atoms with Crippen LogP contribution in [0, 0.1) is 0 Å². The van der Waals surface area contributed by atoms with Gasteiger partial charge in [0.05, 0.1) is 38.2 Å². The summed E-state index contributed by atoms with van der Waals surface area (Å²) in [6, 6.07) is 18.1. The molecule has 0 aromatic heterocycles. The Labute approximate surface area is 324 Å². The van der Waals surface area contributed by atoms with Crippen molar-refractivity contribution in [2.45, 2.75) is 44.3 Å². The number of rotatable bonds is 21. The summed E-state index contributed by atoms with van der Waals surface area (Å²) in [6.45, 7) is 2.54. The van der Waals surface area contributed by atoms with E-state index in [4.69, 9.17) is 31.4 Å². The van der Waals surface area contributed by atoms with Gasteiger partial charge in [-0.15, -0.1) is 0 Å². The second kappa shape index (κ2) is 20.6. The van der Waals surface area contributed by atoms with Crippen LogP contribution in [0.1, 0.15) is 62.3 Å². The molecule has 1 fully saturated rings. The predicted molar refractivity (Wildman–Crippen MR) is 209 cm³/mol. The highest BCUT2D eigenvalue weighted by Gasteiger charge is 2.33. The molecule has 10 N–H and O–H groups in total. The van der Waals surface area contributed by atoms with Crippen molar-refractivity contribution in [2.75, 3.05) is 63.3 Å². The van der Waals surface area contributed by atoms with E-state index in [1.807, 2.05) is 17.0 Å². The highest BCUT2D eigenvalue weighted by molar-refractivity contribution is 6.04. The van der Waals surface area contributed by atoms with Gasteiger partial charge in [0.15, 0.2) is 12.6 Å². The third-order valence-electron chi connectivity index (χ3n) is 8.84. The number of ether oxygens (including phenoxy) is 3. The molecule has 5 amide bonds. The maximum Gasteiger partial charge on any atom is 0.262 e. The number of guanidine groups is 1. The molecular formula is C39H49N9O8. The molecule has 0 bridgehead atoms. The number of carbonyl (C=O) groups excluding carboxylic acids is 5. The molecule has 5 rings (SSSR count). The zero-order valence-electron chi connectivity index (χ0n) is 31.1. The third-order valence-corrected chi connectivity index (χ3v) is 8.84. The number of carbonyl (C=O) groups is 5. The molecule has 17 heteroatoms. The van der Waals surface area contributed by atoms with Gasteiger partial charge in [-0.2, -0.15) is 0 Å². The molecule has 1 aliphatic carbocycles. The van der Waals surface area contributed by atoms with E-state index in [9.17, 15) is 24.0 Å². The average molecular weight is 772 g/mol. The van der Waals surface area contributed by atoms with Gasteiger partial charge in [0.2, 0.25) is 5.91 Å². The van der Waals surface area contributed by atoms with Gasteiger partial charge in [0, 0.05) is 54.6 Å². The molecule has 56 heavy (non-hydrogen) atoms. The number of anilines is 2. The van der Waals surface area contributed by atoms with Crippen LogP contribution < -0.4 is 43.2 Å². The monoisotopic (exact) mass is 771 g/mol. The van der Waals surface area contributed by atoms with Crippen molar-refractivity contribution in [3.63, 3.8) is 0 Å². The maximum atomic E-state index is 13.5. The summed E-state index contributed by atoms with van der Waals surface area (Å²) in [6.07, 6.45) is 2.90. The molecule has 0 saturated heterocycles. The summed E-state index contributed by atoms with van der Waals surface area (Å²) < 4.78 is 16.4. The second-order valence-electron chi connectivity index (χ2n) is 13.3. The van der Waals surface area contributed by atoms with Crippen LogP contribution >= 0.6 is 0 Å². The first-order valence-corrected chi connectivity index (χ1v) is 18.5. The number of nitrogens with two attached hydrogens (primary N) is 3. The first-order valence-electron chi connectivity index (χ1n) is 18.5. The first-order chi connectivity index (χ1) is 27.1. The lowest BCUT2D eigenvalue weighted by atomic mass is 10.1. The summed E-state index contributed by atoms with van der Waals surface area (Å²) >= 11 is 0. The predicted octanol–water partition coefficient (Wildman–Crippen LogP) is 1.33. The standard InChI is InChI=1S/C39H49N9O8/c40-31(2-1-15-45-39(41)42)37(52)44-17-19-55-21-20-54-18-16-43-35(50)26-7-10-29(11-8-26)46-36(51)27-5-3-25(4-6-27)23-48(30-12-13-30)38(53)28-9-14-32-33(22-28)56-24-34(49)47-32/h3-11,14,22,30-31H,1-2,12-13,15-21,23-24,40H2,(H,43,50)(H,44,52)(H,46,51)(H,47,49)(H4,41,42,45). The van der Waals surface area contributed by atoms with Crippen LogP contribution in [-0.4, -0.2) is 105 Å². The van der Waals surface area contributed by atoms with Gasteiger partial charge in [-0.3, -0.25) is 29.0 Å². The van der Waals surface area contributed by atoms with E-state index in [1.165, 1.54) is 0 Å². The highest BCUT2D eigenvalue weighted by Crippen LogP contribution is 2.33. The molecule has 3 aromatic carbocycles. The van der Waals surface area contributed by atoms with Gasteiger partial charge < -0.3 is 57.6 Å². The zero-order chi connectivity index (χ0) is 39.9. The van der Waals surface area contributed by atoms with Gasteiger partial charge >= 0.3 is 0 Å². The van der Waals surface area contributed by atoms with Crippen LogP contribution in [0.15, 0.2) is 71.7 Å². The molecule has 1 saturated carbocycles. The summed E-state index contributed by atoms with van der Waals surface area (Å²) in [4.78, 5) is 68.3. The van der Waals surface area contributed by atoms with Crippen LogP contribution in [0.2, 0.25) is 0 Å². The largest absolute Gasteiger partial charge is 0.482 e. The Kier molecular flexibility index (Phi) is 15.1. The summed E-state index contributed by atoms with van der Waals surface area (Å²) in [5.41, 5.74) is 19.7. The van der Waals surface area contributed by atoms with Gasteiger partial charge in [-0.1, -0.05) is 12.1 Å². The van der Waals surface area contributed by atoms with Gasteiger partial charge in [-0.25, -0.2) is 0 Å². The topological polar surface area (TPSA) is 255 Å². The molecule has 298 valence electrons. The Morgan fingerprint density at radius 1 is 0.857 bits per heavy atom. The molecule has 1 heterocycles. The Bertz CT molecular complexity index is 1860. The molecule has 0 spiro atoms. The molecular weight excluding hydrogens is 722 g/mol. The minimum absolute atomic E-state index is 0.00615. The van der Waals surface area contributed by atoms with Crippen molar-refractivity contribution in [3.8, 4) is 5.75 Å². The van der Waals surface area contributed by atoms with Crippen LogP contribution in [0.4, 0.5) is 11.4 Å². The van der Waals surface area contributed by atoms with Crippen molar-refractivity contribution in [1.82, 2.24) is 15.5 Å². The lowest BCUT2D eigenvalue weighted by molar-refractivity contribution is -0.122. The van der Waals surface area contributed by atoms with Crippen molar-refractivity contribution in [2.24, 2.45) is 22.2 Å². The number of aliphatic imine (C=N–C) groups is 1. The van der Waals surface area contributed by atoms with Gasteiger partial charge in [0.1, 0.15) is 5.75 Å². The first kappa shape index (κ1) is 41.1. The molecule has 1 aliphatic heterocycles. The fourth-order valence-electron chi connectivity index (χ4n) is 5.68. The minimum atomic E-state index is -0.646. The van der Waals surface area contributed by atoms with E-state index < -0.39 is 6.04 Å². The smallest absolute Gasteiger partial charge is 0.262 e. The van der Waals surface area contributed by atoms with E-state index in [-0.39, 0.29) is 54.8 Å². The Balaban J connectivity index is 0.954. The van der Waals surface area contributed by atoms with E-state index in [1.54, 1.807) is 54.6 Å². The second-order valence-corrected chi connectivity index (χ2v) is 13.3. The van der Waals surface area contributed by atoms with Gasteiger partial charge in [0.25, 0.3) is 23.6 Å². The SMILES string of the molecule is NC(N)=NCCCC(N)C(=O)NCCOCCOCCNC(=O)c1ccc(NC(=O)c2ccc(CN(C(=O)c3ccc4c(c3)OCC(=O)N4)C3CC3)cc2)cc1. The van der Waals surface area contributed by atoms with Crippen molar-refractivity contribution in [1.29, 1.82) is 0 Å². The number of hydrogen-bond acceptors (Lipinski definition) is 10. The third kappa shape index (κ3) is 12.8. The summed E-state index contributed by atoms with van der Waals surface area (Å²) in [5, 5.41) is 11.1. The summed E-state index contributed by atoms with van der Waals surface area (Å²) in [7, 11) is 0. The Morgan fingerprint density at radius 3 is 2.18 bits per heavy atom. The Hall–Kier alpha value is -6.04. The van der Waals surface area contributed by atoms with E-state index in [2.05, 4.69) is 26.3 Å². The number of fused-ring (bicyclic) bond motifs is 1. The molecule has 3 aromatic rings. The van der Waals surface area contributed by atoms with Crippen LogP contribution in [0.3, 0.4) is 0 Å². The number of amides is 5. The number of hydrogen-bond donors (Lipinski definition) is 7. The highest BCUT2D eigenvalue weighted by atomic mass is 16.5. The van der Waals surface area contributed by atoms with Crippen molar-refractivity contribution < 1.29 is 38.2 Å². The van der Waals surface area contributed by atoms with Crippen LogP contribution in [0.25, 0.3) is 0 Å². The van der Waals surface area contributed by atoms with Crippen molar-refractivity contribution in [3.05, 3.63) is 89.0 Å². The molecule has 2 aliphatic rings. The fraction of sp³-hybridized carbons (Fsp3) is 0.385. The maximum absolute atomic E-state index is 13.5. The van der Waals surface area contributed by atoms with Gasteiger partial charge in [-0.05, 0) is 85.8 Å². The molecule has 1 atom stereocenters. The normalized spacial score (nSPS) is 13.6. The quantitative estimate of drug-likeness (QED) is 0.0462. The lowest BCUT2D eigenvalue weighted by Crippen LogP contribution is -2.42. The minimum Gasteiger partial charge on any atom is -0.482 e. The molecule has 1 unspecified atom stereocenters. The summed E-state index contributed by atoms with van der Waals surface area (Å²) in [5.74, 6) is -0.752. The fourth-order valence-corrected chi connectivity index (χ4v) is 5.68. The van der Waals surface area contributed by atoms with Crippen LogP contribution in [0.5, 0.6) is 5.75 Å². The number of nitrogens with zero attached hydrogens (tertiary/aromatic N) is 2. The van der Waals surface area contributed by atoms with E-state index in [0.717, 1.165) is 18.4 Å². The van der Waals surface area contributed by atoms with Crippen LogP contribution in [-0.2, 0) is 25.6 Å². The number of benzene rings is 3. The van der Waals surface area contributed by atoms with E-state index >= 15 is 0 Å². The lowest BCUT2D eigenvalue weighted by Gasteiger charge is -2.24. The molecule has 17 nitrogen and oxygen atoms in total. The zero-order valence-corrected chi connectivity index (χ0v) is 31.1. The van der Waals surface area contributed by atoms with E-state index in [0.29, 0.717) is 92.7 Å².